The number of fused-ring (bicyclic) bond motifs is 2. The van der Waals surface area contributed by atoms with Crippen molar-refractivity contribution in [3.63, 3.8) is 0 Å². The number of piperidine rings is 1. The van der Waals surface area contributed by atoms with Crippen LogP contribution >= 0.6 is 0 Å². The number of rotatable bonds is 3. The van der Waals surface area contributed by atoms with Crippen LogP contribution in [0.3, 0.4) is 0 Å². The molecule has 8 heteroatoms. The number of likely N-dealkylation sites (N-methyl/N-ethyl adjacent to an activating group) is 1. The highest BCUT2D eigenvalue weighted by molar-refractivity contribution is 5.91. The summed E-state index contributed by atoms with van der Waals surface area (Å²) in [6.45, 7) is 1.55. The largest absolute Gasteiger partial charge is 0.493 e. The standard InChI is InChI=1S/C18H23N5O3/c1-22-13-9-23(5-4-10(13)6-16(22)24)18-20-12-8-15(26-3)14(25-2)7-11(12)17(19)21-18/h7-8,10,13H,4-6,9H2,1-3H3,(H2,19,20,21)/t10-,13-/m1/s1. The third kappa shape index (κ3) is 2.56. The molecule has 0 radical (unpaired) electrons. The first-order valence-corrected chi connectivity index (χ1v) is 8.71. The molecule has 2 fully saturated rings. The molecule has 0 bridgehead atoms. The third-order valence-electron chi connectivity index (χ3n) is 5.55. The monoisotopic (exact) mass is 357 g/mol. The summed E-state index contributed by atoms with van der Waals surface area (Å²) in [5.41, 5.74) is 6.91. The van der Waals surface area contributed by atoms with Gasteiger partial charge in [0.15, 0.2) is 11.5 Å². The molecule has 1 amide bonds. The van der Waals surface area contributed by atoms with Gasteiger partial charge in [0, 0.05) is 38.0 Å². The van der Waals surface area contributed by atoms with E-state index in [0.29, 0.717) is 41.1 Å². The lowest BCUT2D eigenvalue weighted by atomic mass is 9.92. The number of aromatic nitrogens is 2. The zero-order valence-electron chi connectivity index (χ0n) is 15.2. The molecule has 8 nitrogen and oxygen atoms in total. The van der Waals surface area contributed by atoms with Crippen molar-refractivity contribution < 1.29 is 14.3 Å². The van der Waals surface area contributed by atoms with E-state index < -0.39 is 0 Å². The minimum Gasteiger partial charge on any atom is -0.493 e. The minimum absolute atomic E-state index is 0.210. The van der Waals surface area contributed by atoms with Crippen LogP contribution < -0.4 is 20.1 Å². The summed E-state index contributed by atoms with van der Waals surface area (Å²) in [5.74, 6) is 2.83. The highest BCUT2D eigenvalue weighted by Crippen LogP contribution is 2.36. The Balaban J connectivity index is 1.70. The average Bonchev–Trinajstić information content (AvgIpc) is 2.94. The Kier molecular flexibility index (Phi) is 3.97. The molecule has 2 aliphatic heterocycles. The summed E-state index contributed by atoms with van der Waals surface area (Å²) >= 11 is 0. The fraction of sp³-hybridized carbons (Fsp3) is 0.500. The summed E-state index contributed by atoms with van der Waals surface area (Å²) in [5, 5.41) is 0.731. The molecule has 0 spiro atoms. The van der Waals surface area contributed by atoms with Crippen LogP contribution in [0.25, 0.3) is 10.9 Å². The molecule has 138 valence electrons. The number of hydrogen-bond donors (Lipinski definition) is 1. The number of methoxy groups -OCH3 is 2. The van der Waals surface area contributed by atoms with Crippen LogP contribution in [0.2, 0.25) is 0 Å². The fourth-order valence-corrected chi connectivity index (χ4v) is 4.00. The van der Waals surface area contributed by atoms with Crippen LogP contribution in [0.4, 0.5) is 11.8 Å². The predicted molar refractivity (Wildman–Crippen MR) is 98.5 cm³/mol. The second kappa shape index (κ2) is 6.19. The van der Waals surface area contributed by atoms with Crippen molar-refractivity contribution in [3.05, 3.63) is 12.1 Å². The summed E-state index contributed by atoms with van der Waals surface area (Å²) in [6.07, 6.45) is 1.60. The van der Waals surface area contributed by atoms with E-state index >= 15 is 0 Å². The number of amides is 1. The Bertz CT molecular complexity index is 872. The molecular weight excluding hydrogens is 334 g/mol. The van der Waals surface area contributed by atoms with Gasteiger partial charge in [0.1, 0.15) is 5.82 Å². The Labute approximate surface area is 151 Å². The Hall–Kier alpha value is -2.77. The third-order valence-corrected chi connectivity index (χ3v) is 5.55. The van der Waals surface area contributed by atoms with Crippen molar-refractivity contribution in [2.75, 3.05) is 45.0 Å². The number of benzene rings is 1. The molecule has 1 aromatic heterocycles. The lowest BCUT2D eigenvalue weighted by Crippen LogP contribution is -2.48. The maximum Gasteiger partial charge on any atom is 0.227 e. The predicted octanol–water partition coefficient (Wildman–Crippen LogP) is 1.29. The van der Waals surface area contributed by atoms with Gasteiger partial charge in [0.2, 0.25) is 11.9 Å². The summed E-state index contributed by atoms with van der Waals surface area (Å²) in [4.78, 5) is 25.1. The molecule has 2 saturated heterocycles. The van der Waals surface area contributed by atoms with Crippen molar-refractivity contribution >= 4 is 28.6 Å². The van der Waals surface area contributed by atoms with Crippen molar-refractivity contribution in [1.82, 2.24) is 14.9 Å². The maximum absolute atomic E-state index is 12.0. The van der Waals surface area contributed by atoms with Crippen LogP contribution in [-0.2, 0) is 4.79 Å². The summed E-state index contributed by atoms with van der Waals surface area (Å²) < 4.78 is 10.7. The Morgan fingerprint density at radius 1 is 1.19 bits per heavy atom. The molecule has 2 N–H and O–H groups in total. The van der Waals surface area contributed by atoms with Crippen LogP contribution in [0.5, 0.6) is 11.5 Å². The SMILES string of the molecule is COc1cc2nc(N3CC[C@@H]4CC(=O)N(C)[C@@H]4C3)nc(N)c2cc1OC. The van der Waals surface area contributed by atoms with Crippen LogP contribution in [0, 0.1) is 5.92 Å². The van der Waals surface area contributed by atoms with Crippen molar-refractivity contribution in [1.29, 1.82) is 0 Å². The van der Waals surface area contributed by atoms with Gasteiger partial charge in [-0.2, -0.15) is 4.98 Å². The zero-order chi connectivity index (χ0) is 18.4. The highest BCUT2D eigenvalue weighted by Gasteiger charge is 2.41. The molecule has 2 aromatic rings. The lowest BCUT2D eigenvalue weighted by molar-refractivity contribution is -0.127. The molecular formula is C18H23N5O3. The fourth-order valence-electron chi connectivity index (χ4n) is 4.00. The number of hydrogen-bond acceptors (Lipinski definition) is 7. The number of ether oxygens (including phenoxy) is 2. The van der Waals surface area contributed by atoms with Crippen LogP contribution in [0.1, 0.15) is 12.8 Å². The van der Waals surface area contributed by atoms with E-state index in [-0.39, 0.29) is 11.9 Å². The summed E-state index contributed by atoms with van der Waals surface area (Å²) in [7, 11) is 5.05. The number of likely N-dealkylation sites (tertiary alicyclic amines) is 1. The minimum atomic E-state index is 0.210. The zero-order valence-corrected chi connectivity index (χ0v) is 15.2. The van der Waals surface area contributed by atoms with Gasteiger partial charge in [0.25, 0.3) is 0 Å². The van der Waals surface area contributed by atoms with Crippen LogP contribution in [-0.4, -0.2) is 61.2 Å². The van der Waals surface area contributed by atoms with E-state index in [9.17, 15) is 4.79 Å². The molecule has 4 rings (SSSR count). The van der Waals surface area contributed by atoms with Gasteiger partial charge in [-0.15, -0.1) is 0 Å². The van der Waals surface area contributed by atoms with E-state index in [1.807, 2.05) is 18.0 Å². The lowest BCUT2D eigenvalue weighted by Gasteiger charge is -2.37. The molecule has 0 saturated carbocycles. The quantitative estimate of drug-likeness (QED) is 0.884. The van der Waals surface area contributed by atoms with Crippen molar-refractivity contribution in [2.24, 2.45) is 5.92 Å². The van der Waals surface area contributed by atoms with Gasteiger partial charge in [0.05, 0.1) is 25.8 Å². The van der Waals surface area contributed by atoms with Gasteiger partial charge in [-0.25, -0.2) is 4.98 Å². The van der Waals surface area contributed by atoms with E-state index in [1.165, 1.54) is 0 Å². The van der Waals surface area contributed by atoms with Gasteiger partial charge in [-0.3, -0.25) is 4.79 Å². The maximum atomic E-state index is 12.0. The molecule has 1 aromatic carbocycles. The van der Waals surface area contributed by atoms with E-state index in [0.717, 1.165) is 24.9 Å². The van der Waals surface area contributed by atoms with Gasteiger partial charge in [-0.1, -0.05) is 0 Å². The number of carbonyl (C=O) groups excluding carboxylic acids is 1. The Morgan fingerprint density at radius 2 is 1.92 bits per heavy atom. The van der Waals surface area contributed by atoms with E-state index in [1.54, 1.807) is 20.3 Å². The Morgan fingerprint density at radius 3 is 2.65 bits per heavy atom. The van der Waals surface area contributed by atoms with E-state index in [2.05, 4.69) is 9.88 Å². The number of nitrogens with two attached hydrogens (primary N) is 1. The van der Waals surface area contributed by atoms with E-state index in [4.69, 9.17) is 20.2 Å². The number of nitrogen functional groups attached to an aromatic ring is 1. The van der Waals surface area contributed by atoms with Crippen molar-refractivity contribution in [3.8, 4) is 11.5 Å². The molecule has 0 aliphatic carbocycles. The van der Waals surface area contributed by atoms with Gasteiger partial charge >= 0.3 is 0 Å². The first-order valence-electron chi connectivity index (χ1n) is 8.71. The second-order valence-corrected chi connectivity index (χ2v) is 6.90. The molecule has 0 unspecified atom stereocenters. The summed E-state index contributed by atoms with van der Waals surface area (Å²) in [6, 6.07) is 3.82. The molecule has 2 atom stereocenters. The molecule has 26 heavy (non-hydrogen) atoms. The number of nitrogens with zero attached hydrogens (tertiary/aromatic N) is 4. The first-order chi connectivity index (χ1) is 12.5. The van der Waals surface area contributed by atoms with Crippen LogP contribution in [0.15, 0.2) is 12.1 Å². The smallest absolute Gasteiger partial charge is 0.227 e. The van der Waals surface area contributed by atoms with Gasteiger partial charge < -0.3 is 25.0 Å². The highest BCUT2D eigenvalue weighted by atomic mass is 16.5. The molecule has 3 heterocycles. The number of carbonyl (C=O) groups is 1. The molecule has 2 aliphatic rings. The van der Waals surface area contributed by atoms with Crippen molar-refractivity contribution in [2.45, 2.75) is 18.9 Å². The first kappa shape index (κ1) is 16.7. The van der Waals surface area contributed by atoms with Gasteiger partial charge in [-0.05, 0) is 18.4 Å². The average molecular weight is 357 g/mol. The number of anilines is 2. The second-order valence-electron chi connectivity index (χ2n) is 6.90. The normalized spacial score (nSPS) is 22.7. The topological polar surface area (TPSA) is 93.8 Å².